The summed E-state index contributed by atoms with van der Waals surface area (Å²) in [6, 6.07) is 0. The molecular weight excluding hydrogens is 152 g/mol. The van der Waals surface area contributed by atoms with E-state index in [1.54, 1.807) is 0 Å². The zero-order chi connectivity index (χ0) is 8.48. The van der Waals surface area contributed by atoms with Crippen molar-refractivity contribution in [3.05, 3.63) is 0 Å². The van der Waals surface area contributed by atoms with Crippen LogP contribution in [-0.2, 0) is 4.74 Å². The number of hydrogen-bond donors (Lipinski definition) is 4. The molecule has 1 aliphatic heterocycles. The monoisotopic (exact) mass is 164 g/mol. The van der Waals surface area contributed by atoms with Crippen LogP contribution in [0.25, 0.3) is 0 Å². The number of aliphatic hydroxyl groups is 4. The van der Waals surface area contributed by atoms with E-state index in [2.05, 4.69) is 0 Å². The second-order valence-corrected chi connectivity index (χ2v) is 2.65. The summed E-state index contributed by atoms with van der Waals surface area (Å²) in [5, 5.41) is 36.0. The summed E-state index contributed by atoms with van der Waals surface area (Å²) >= 11 is 0. The molecule has 0 saturated carbocycles. The Labute approximate surface area is 63.8 Å². The number of aliphatic hydroxyl groups excluding tert-OH is 3. The largest absolute Gasteiger partial charge is 0.391 e. The SMILES string of the molecule is OCC1(O)OCC[C@@H](O)[C@@H]1O. The minimum Gasteiger partial charge on any atom is -0.391 e. The predicted octanol–water partition coefficient (Wildman–Crippen LogP) is -2.19. The van der Waals surface area contributed by atoms with Crippen molar-refractivity contribution >= 4 is 0 Å². The van der Waals surface area contributed by atoms with Crippen LogP contribution in [0.2, 0.25) is 0 Å². The normalized spacial score (nSPS) is 45.8. The molecule has 1 fully saturated rings. The number of ether oxygens (including phenoxy) is 1. The van der Waals surface area contributed by atoms with E-state index in [0.29, 0.717) is 0 Å². The van der Waals surface area contributed by atoms with E-state index in [4.69, 9.17) is 20.1 Å². The van der Waals surface area contributed by atoms with Crippen molar-refractivity contribution in [2.75, 3.05) is 13.2 Å². The van der Waals surface area contributed by atoms with Crippen molar-refractivity contribution < 1.29 is 25.2 Å². The van der Waals surface area contributed by atoms with Crippen LogP contribution in [-0.4, -0.2) is 51.6 Å². The highest BCUT2D eigenvalue weighted by Crippen LogP contribution is 2.22. The summed E-state index contributed by atoms with van der Waals surface area (Å²) in [7, 11) is 0. The maximum atomic E-state index is 9.24. The molecule has 0 bridgehead atoms. The molecule has 0 amide bonds. The van der Waals surface area contributed by atoms with Crippen LogP contribution in [0.5, 0.6) is 0 Å². The quantitative estimate of drug-likeness (QED) is 0.353. The van der Waals surface area contributed by atoms with E-state index in [1.807, 2.05) is 0 Å². The molecule has 1 unspecified atom stereocenters. The van der Waals surface area contributed by atoms with Gasteiger partial charge in [0.15, 0.2) is 0 Å². The smallest absolute Gasteiger partial charge is 0.218 e. The molecule has 66 valence electrons. The molecule has 3 atom stereocenters. The van der Waals surface area contributed by atoms with Crippen LogP contribution < -0.4 is 0 Å². The summed E-state index contributed by atoms with van der Waals surface area (Å²) in [6.07, 6.45) is -2.19. The molecule has 1 heterocycles. The van der Waals surface area contributed by atoms with Crippen LogP contribution in [0.3, 0.4) is 0 Å². The third-order valence-corrected chi connectivity index (χ3v) is 1.82. The summed E-state index contributed by atoms with van der Waals surface area (Å²) in [5.74, 6) is -1.99. The average Bonchev–Trinajstić information content (AvgIpc) is 2.00. The maximum absolute atomic E-state index is 9.24. The van der Waals surface area contributed by atoms with Crippen LogP contribution in [0.4, 0.5) is 0 Å². The lowest BCUT2D eigenvalue weighted by molar-refractivity contribution is -0.311. The van der Waals surface area contributed by atoms with Crippen molar-refractivity contribution in [3.63, 3.8) is 0 Å². The Balaban J connectivity index is 2.64. The third kappa shape index (κ3) is 1.52. The molecule has 0 radical (unpaired) electrons. The topological polar surface area (TPSA) is 90.2 Å². The first-order chi connectivity index (χ1) is 5.10. The van der Waals surface area contributed by atoms with Gasteiger partial charge in [-0.25, -0.2) is 0 Å². The first-order valence-corrected chi connectivity index (χ1v) is 3.43. The molecule has 4 N–H and O–H groups in total. The Bertz CT molecular complexity index is 139. The van der Waals surface area contributed by atoms with Gasteiger partial charge < -0.3 is 25.2 Å². The summed E-state index contributed by atoms with van der Waals surface area (Å²) < 4.78 is 4.69. The van der Waals surface area contributed by atoms with Crippen molar-refractivity contribution in [1.82, 2.24) is 0 Å². The predicted molar refractivity (Wildman–Crippen MR) is 34.6 cm³/mol. The van der Waals surface area contributed by atoms with Gasteiger partial charge in [0.25, 0.3) is 0 Å². The van der Waals surface area contributed by atoms with Gasteiger partial charge >= 0.3 is 0 Å². The molecule has 0 aromatic rings. The molecule has 5 nitrogen and oxygen atoms in total. The third-order valence-electron chi connectivity index (χ3n) is 1.82. The van der Waals surface area contributed by atoms with E-state index in [-0.39, 0.29) is 13.0 Å². The Kier molecular flexibility index (Phi) is 2.46. The van der Waals surface area contributed by atoms with Gasteiger partial charge in [0.2, 0.25) is 5.79 Å². The maximum Gasteiger partial charge on any atom is 0.218 e. The molecule has 0 aromatic carbocycles. The van der Waals surface area contributed by atoms with E-state index in [0.717, 1.165) is 0 Å². The van der Waals surface area contributed by atoms with Crippen molar-refractivity contribution in [1.29, 1.82) is 0 Å². The van der Waals surface area contributed by atoms with Gasteiger partial charge in [0, 0.05) is 0 Å². The zero-order valence-electron chi connectivity index (χ0n) is 5.97. The summed E-state index contributed by atoms with van der Waals surface area (Å²) in [5.41, 5.74) is 0. The second-order valence-electron chi connectivity index (χ2n) is 2.65. The fraction of sp³-hybridized carbons (Fsp3) is 1.00. The van der Waals surface area contributed by atoms with Crippen LogP contribution in [0.1, 0.15) is 6.42 Å². The second kappa shape index (κ2) is 3.04. The summed E-state index contributed by atoms with van der Waals surface area (Å²) in [6.45, 7) is -0.583. The van der Waals surface area contributed by atoms with E-state index < -0.39 is 24.6 Å². The van der Waals surface area contributed by atoms with Crippen LogP contribution in [0.15, 0.2) is 0 Å². The molecule has 0 aliphatic carbocycles. The summed E-state index contributed by atoms with van der Waals surface area (Å²) in [4.78, 5) is 0. The fourth-order valence-electron chi connectivity index (χ4n) is 1.04. The minimum atomic E-state index is -1.99. The van der Waals surface area contributed by atoms with Crippen molar-refractivity contribution in [3.8, 4) is 0 Å². The lowest BCUT2D eigenvalue weighted by atomic mass is 10.00. The molecule has 1 saturated heterocycles. The Morgan fingerprint density at radius 3 is 2.55 bits per heavy atom. The Morgan fingerprint density at radius 1 is 1.45 bits per heavy atom. The molecule has 11 heavy (non-hydrogen) atoms. The molecule has 1 aliphatic rings. The highest BCUT2D eigenvalue weighted by atomic mass is 16.7. The van der Waals surface area contributed by atoms with E-state index in [9.17, 15) is 5.11 Å². The highest BCUT2D eigenvalue weighted by molar-refractivity contribution is 4.86. The van der Waals surface area contributed by atoms with Gasteiger partial charge in [0.1, 0.15) is 6.10 Å². The van der Waals surface area contributed by atoms with Gasteiger partial charge in [-0.2, -0.15) is 0 Å². The number of hydrogen-bond acceptors (Lipinski definition) is 5. The molecule has 0 aromatic heterocycles. The fourth-order valence-corrected chi connectivity index (χ4v) is 1.04. The zero-order valence-corrected chi connectivity index (χ0v) is 5.97. The molecular formula is C6H12O5. The van der Waals surface area contributed by atoms with E-state index in [1.165, 1.54) is 0 Å². The molecule has 1 rings (SSSR count). The lowest BCUT2D eigenvalue weighted by Crippen LogP contribution is -2.57. The lowest BCUT2D eigenvalue weighted by Gasteiger charge is -2.37. The van der Waals surface area contributed by atoms with E-state index >= 15 is 0 Å². The first-order valence-electron chi connectivity index (χ1n) is 3.43. The van der Waals surface area contributed by atoms with Crippen LogP contribution >= 0.6 is 0 Å². The van der Waals surface area contributed by atoms with Gasteiger partial charge in [-0.05, 0) is 6.42 Å². The van der Waals surface area contributed by atoms with Crippen molar-refractivity contribution in [2.24, 2.45) is 0 Å². The Morgan fingerprint density at radius 2 is 2.09 bits per heavy atom. The molecule has 5 heteroatoms. The standard InChI is InChI=1S/C6H12O5/c7-3-6(10)5(9)4(8)1-2-11-6/h4-5,7-10H,1-3H2/t4-,5+,6?/m1/s1. The van der Waals surface area contributed by atoms with Crippen LogP contribution in [0, 0.1) is 0 Å². The van der Waals surface area contributed by atoms with Gasteiger partial charge in [-0.15, -0.1) is 0 Å². The highest BCUT2D eigenvalue weighted by Gasteiger charge is 2.43. The van der Waals surface area contributed by atoms with Crippen molar-refractivity contribution in [2.45, 2.75) is 24.4 Å². The number of rotatable bonds is 1. The minimum absolute atomic E-state index is 0.134. The average molecular weight is 164 g/mol. The van der Waals surface area contributed by atoms with Gasteiger partial charge in [-0.3, -0.25) is 0 Å². The first kappa shape index (κ1) is 8.89. The molecule has 0 spiro atoms. The van der Waals surface area contributed by atoms with Gasteiger partial charge in [-0.1, -0.05) is 0 Å². The Hall–Kier alpha value is -0.200. The van der Waals surface area contributed by atoms with Gasteiger partial charge in [0.05, 0.1) is 19.3 Å².